The Labute approximate surface area is 135 Å². The van der Waals surface area contributed by atoms with Crippen LogP contribution in [0.4, 0.5) is 15.8 Å². The van der Waals surface area contributed by atoms with Gasteiger partial charge in [0.05, 0.1) is 24.4 Å². The van der Waals surface area contributed by atoms with Crippen LogP contribution < -0.4 is 9.80 Å². The van der Waals surface area contributed by atoms with Crippen LogP contribution in [-0.4, -0.2) is 38.1 Å². The number of rotatable bonds is 4. The normalized spacial score (nSPS) is 20.4. The Hall–Kier alpha value is -2.11. The zero-order valence-electron chi connectivity index (χ0n) is 13.3. The average molecular weight is 320 g/mol. The summed E-state index contributed by atoms with van der Waals surface area (Å²) < 4.78 is 18.6. The first-order valence-corrected chi connectivity index (χ1v) is 8.09. The predicted octanol–water partition coefficient (Wildman–Crippen LogP) is 2.34. The zero-order valence-corrected chi connectivity index (χ0v) is 13.3. The minimum Gasteiger partial charge on any atom is -0.465 e. The number of nitrogens with zero attached hydrogens (tertiary/aromatic N) is 2. The van der Waals surface area contributed by atoms with Crippen LogP contribution >= 0.6 is 0 Å². The summed E-state index contributed by atoms with van der Waals surface area (Å²) in [4.78, 5) is 27.6. The summed E-state index contributed by atoms with van der Waals surface area (Å²) in [6.45, 7) is 4.55. The van der Waals surface area contributed by atoms with Crippen molar-refractivity contribution >= 4 is 23.3 Å². The summed E-state index contributed by atoms with van der Waals surface area (Å²) in [7, 11) is 0. The number of fused-ring (bicyclic) bond motifs is 1. The van der Waals surface area contributed by atoms with E-state index in [1.54, 1.807) is 11.0 Å². The summed E-state index contributed by atoms with van der Waals surface area (Å²) in [5.41, 5.74) is 1.52. The molecule has 1 aromatic rings. The van der Waals surface area contributed by atoms with Crippen LogP contribution in [-0.2, 0) is 14.3 Å². The van der Waals surface area contributed by atoms with Crippen LogP contribution in [0.15, 0.2) is 18.2 Å². The van der Waals surface area contributed by atoms with E-state index < -0.39 is 0 Å². The highest BCUT2D eigenvalue weighted by Crippen LogP contribution is 2.35. The molecule has 0 spiro atoms. The molecule has 124 valence electrons. The van der Waals surface area contributed by atoms with E-state index in [4.69, 9.17) is 4.74 Å². The van der Waals surface area contributed by atoms with Crippen molar-refractivity contribution in [3.8, 4) is 0 Å². The molecule has 0 bridgehead atoms. The second-order valence-corrected chi connectivity index (χ2v) is 6.12. The van der Waals surface area contributed by atoms with Crippen LogP contribution in [0.3, 0.4) is 0 Å². The van der Waals surface area contributed by atoms with E-state index in [0.717, 1.165) is 25.2 Å². The summed E-state index contributed by atoms with van der Waals surface area (Å²) in [5, 5.41) is 0. The first-order valence-electron chi connectivity index (χ1n) is 8.09. The van der Waals surface area contributed by atoms with Gasteiger partial charge in [0.2, 0.25) is 5.91 Å². The Morgan fingerprint density at radius 1 is 1.35 bits per heavy atom. The van der Waals surface area contributed by atoms with Crippen molar-refractivity contribution in [2.75, 3.05) is 36.0 Å². The van der Waals surface area contributed by atoms with Gasteiger partial charge in [0.1, 0.15) is 5.82 Å². The maximum absolute atomic E-state index is 13.7. The van der Waals surface area contributed by atoms with Crippen LogP contribution in [0.5, 0.6) is 0 Å². The summed E-state index contributed by atoms with van der Waals surface area (Å²) in [6.07, 6.45) is 1.54. The SMILES string of the molecule is CCCN1CCN(C(=O)C[C@H]2COC(=O)C2)c2cc(F)ccc21. The van der Waals surface area contributed by atoms with Crippen molar-refractivity contribution in [2.24, 2.45) is 5.92 Å². The third-order valence-electron chi connectivity index (χ3n) is 4.36. The number of halogens is 1. The lowest BCUT2D eigenvalue weighted by Gasteiger charge is -2.38. The number of benzene rings is 1. The molecule has 2 aliphatic rings. The van der Waals surface area contributed by atoms with Crippen LogP contribution in [0.25, 0.3) is 0 Å². The lowest BCUT2D eigenvalue weighted by atomic mass is 10.0. The van der Waals surface area contributed by atoms with Gasteiger partial charge in [-0.1, -0.05) is 6.92 Å². The first kappa shape index (κ1) is 15.8. The van der Waals surface area contributed by atoms with E-state index in [-0.39, 0.29) is 36.5 Å². The maximum atomic E-state index is 13.7. The molecule has 2 aliphatic heterocycles. The van der Waals surface area contributed by atoms with Crippen molar-refractivity contribution in [3.63, 3.8) is 0 Å². The highest BCUT2D eigenvalue weighted by molar-refractivity contribution is 5.98. The molecule has 1 amide bonds. The molecule has 0 aliphatic carbocycles. The number of amides is 1. The van der Waals surface area contributed by atoms with E-state index in [9.17, 15) is 14.0 Å². The molecule has 23 heavy (non-hydrogen) atoms. The van der Waals surface area contributed by atoms with Gasteiger partial charge >= 0.3 is 5.97 Å². The number of hydrogen-bond acceptors (Lipinski definition) is 4. The Balaban J connectivity index is 1.80. The molecule has 2 heterocycles. The van der Waals surface area contributed by atoms with Crippen LogP contribution in [0.1, 0.15) is 26.2 Å². The molecule has 0 radical (unpaired) electrons. The zero-order chi connectivity index (χ0) is 16.4. The molecule has 0 unspecified atom stereocenters. The van der Waals surface area contributed by atoms with E-state index in [2.05, 4.69) is 11.8 Å². The molecule has 3 rings (SSSR count). The van der Waals surface area contributed by atoms with Gasteiger partial charge < -0.3 is 14.5 Å². The van der Waals surface area contributed by atoms with Gasteiger partial charge in [-0.2, -0.15) is 0 Å². The van der Waals surface area contributed by atoms with Crippen LogP contribution in [0.2, 0.25) is 0 Å². The molecule has 1 aromatic carbocycles. The minimum atomic E-state index is -0.348. The summed E-state index contributed by atoms with van der Waals surface area (Å²) >= 11 is 0. The molecular weight excluding hydrogens is 299 g/mol. The number of carbonyl (C=O) groups is 2. The standard InChI is InChI=1S/C17H21FN2O3/c1-2-5-19-6-7-20(15-10-13(18)3-4-14(15)19)16(21)8-12-9-17(22)23-11-12/h3-4,10,12H,2,5-9,11H2,1H3/t12-/m1/s1. The van der Waals surface area contributed by atoms with Gasteiger partial charge in [0, 0.05) is 32.0 Å². The van der Waals surface area contributed by atoms with E-state index in [1.807, 2.05) is 0 Å². The molecule has 6 heteroatoms. The van der Waals surface area contributed by atoms with Gasteiger partial charge in [-0.05, 0) is 24.6 Å². The number of hydrogen-bond donors (Lipinski definition) is 0. The quantitative estimate of drug-likeness (QED) is 0.799. The number of carbonyl (C=O) groups excluding carboxylic acids is 2. The molecule has 0 aromatic heterocycles. The van der Waals surface area contributed by atoms with Crippen molar-refractivity contribution < 1.29 is 18.7 Å². The Morgan fingerprint density at radius 3 is 2.87 bits per heavy atom. The second-order valence-electron chi connectivity index (χ2n) is 6.12. The topological polar surface area (TPSA) is 49.9 Å². The second kappa shape index (κ2) is 6.56. The van der Waals surface area contributed by atoms with Crippen LogP contribution in [0, 0.1) is 11.7 Å². The Bertz CT molecular complexity index is 620. The van der Waals surface area contributed by atoms with Gasteiger partial charge in [0.25, 0.3) is 0 Å². The fourth-order valence-corrected chi connectivity index (χ4v) is 3.26. The molecule has 1 atom stereocenters. The highest BCUT2D eigenvalue weighted by Gasteiger charge is 2.31. The van der Waals surface area contributed by atoms with Crippen molar-refractivity contribution in [2.45, 2.75) is 26.2 Å². The number of esters is 1. The van der Waals surface area contributed by atoms with E-state index in [0.29, 0.717) is 18.8 Å². The van der Waals surface area contributed by atoms with Crippen molar-refractivity contribution in [3.05, 3.63) is 24.0 Å². The highest BCUT2D eigenvalue weighted by atomic mass is 19.1. The Kier molecular flexibility index (Phi) is 4.50. The van der Waals surface area contributed by atoms with Gasteiger partial charge in [0.15, 0.2) is 0 Å². The van der Waals surface area contributed by atoms with E-state index >= 15 is 0 Å². The van der Waals surface area contributed by atoms with Gasteiger partial charge in [-0.25, -0.2) is 4.39 Å². The predicted molar refractivity (Wildman–Crippen MR) is 84.9 cm³/mol. The fraction of sp³-hybridized carbons (Fsp3) is 0.529. The lowest BCUT2D eigenvalue weighted by Crippen LogP contribution is -2.45. The maximum Gasteiger partial charge on any atom is 0.306 e. The van der Waals surface area contributed by atoms with E-state index in [1.165, 1.54) is 12.1 Å². The fourth-order valence-electron chi connectivity index (χ4n) is 3.26. The van der Waals surface area contributed by atoms with Gasteiger partial charge in [-0.3, -0.25) is 9.59 Å². The summed E-state index contributed by atoms with van der Waals surface area (Å²) in [6, 6.07) is 4.59. The minimum absolute atomic E-state index is 0.0688. The molecule has 1 saturated heterocycles. The van der Waals surface area contributed by atoms with Crippen molar-refractivity contribution in [1.29, 1.82) is 0 Å². The number of anilines is 2. The number of cyclic esters (lactones) is 1. The molecule has 0 saturated carbocycles. The first-order chi connectivity index (χ1) is 11.1. The largest absolute Gasteiger partial charge is 0.465 e. The average Bonchev–Trinajstić information content (AvgIpc) is 2.92. The molecule has 5 nitrogen and oxygen atoms in total. The third kappa shape index (κ3) is 3.30. The molecule has 0 N–H and O–H groups in total. The Morgan fingerprint density at radius 2 is 2.17 bits per heavy atom. The number of ether oxygens (including phenoxy) is 1. The van der Waals surface area contributed by atoms with Crippen molar-refractivity contribution in [1.82, 2.24) is 0 Å². The molecular formula is C17H21FN2O3. The monoisotopic (exact) mass is 320 g/mol. The van der Waals surface area contributed by atoms with Gasteiger partial charge in [-0.15, -0.1) is 0 Å². The molecule has 1 fully saturated rings. The lowest BCUT2D eigenvalue weighted by molar-refractivity contribution is -0.138. The summed E-state index contributed by atoms with van der Waals surface area (Å²) in [5.74, 6) is -0.738. The third-order valence-corrected chi connectivity index (χ3v) is 4.36. The smallest absolute Gasteiger partial charge is 0.306 e.